The van der Waals surface area contributed by atoms with Crippen molar-refractivity contribution in [1.29, 1.82) is 0 Å². The number of thiocarbonyl (C=S) groups is 1. The molecule has 0 aliphatic rings. The highest BCUT2D eigenvalue weighted by Gasteiger charge is 2.13. The summed E-state index contributed by atoms with van der Waals surface area (Å²) in [5, 5.41) is 7.93. The third-order valence-corrected chi connectivity index (χ3v) is 4.04. The molecule has 21 heavy (non-hydrogen) atoms. The Morgan fingerprint density at radius 3 is 2.90 bits per heavy atom. The van der Waals surface area contributed by atoms with Crippen molar-refractivity contribution >= 4 is 39.8 Å². The Balaban J connectivity index is 2.11. The van der Waals surface area contributed by atoms with Crippen molar-refractivity contribution < 1.29 is 0 Å². The molecule has 0 atom stereocenters. The highest BCUT2D eigenvalue weighted by molar-refractivity contribution is 7.80. The molecular formula is C14H13N5S2. The summed E-state index contributed by atoms with van der Waals surface area (Å²) in [4.78, 5) is 5.60. The maximum Gasteiger partial charge on any atom is 0.194 e. The summed E-state index contributed by atoms with van der Waals surface area (Å²) in [6.45, 7) is 0. The Bertz CT molecular complexity index is 803. The molecule has 7 heteroatoms. The van der Waals surface area contributed by atoms with Crippen molar-refractivity contribution in [3.63, 3.8) is 0 Å². The van der Waals surface area contributed by atoms with Crippen LogP contribution in [0.2, 0.25) is 0 Å². The van der Waals surface area contributed by atoms with Crippen molar-refractivity contribution in [2.24, 2.45) is 10.8 Å². The first kappa shape index (κ1) is 13.7. The zero-order chi connectivity index (χ0) is 14.8. The molecule has 1 aromatic carbocycles. The molecule has 3 aromatic rings. The van der Waals surface area contributed by atoms with Crippen LogP contribution in [0.5, 0.6) is 0 Å². The zero-order valence-electron chi connectivity index (χ0n) is 11.3. The normalized spacial score (nSPS) is 11.3. The van der Waals surface area contributed by atoms with Gasteiger partial charge in [0.1, 0.15) is 0 Å². The molecule has 2 aromatic heterocycles. The molecular weight excluding hydrogens is 302 g/mol. The number of thiazole rings is 1. The maximum absolute atomic E-state index is 5.54. The average Bonchev–Trinajstić information content (AvgIpc) is 3.06. The van der Waals surface area contributed by atoms with E-state index in [1.165, 1.54) is 5.01 Å². The standard InChI is InChI=1S/C14H13N5S2/c1-18(13(15)20)16-9-11-12(10-5-3-2-4-6-10)17-14-19(11)7-8-21-14/h2-9H,1H3,(H2,15,20). The van der Waals surface area contributed by atoms with Gasteiger partial charge in [0.2, 0.25) is 0 Å². The van der Waals surface area contributed by atoms with Crippen LogP contribution in [0.3, 0.4) is 0 Å². The van der Waals surface area contributed by atoms with E-state index >= 15 is 0 Å². The van der Waals surface area contributed by atoms with Crippen molar-refractivity contribution in [3.8, 4) is 11.3 Å². The van der Waals surface area contributed by atoms with Gasteiger partial charge in [-0.25, -0.2) is 9.99 Å². The summed E-state index contributed by atoms with van der Waals surface area (Å²) >= 11 is 6.47. The van der Waals surface area contributed by atoms with Gasteiger partial charge in [-0.15, -0.1) is 11.3 Å². The molecule has 0 fully saturated rings. The lowest BCUT2D eigenvalue weighted by Crippen LogP contribution is -2.27. The van der Waals surface area contributed by atoms with E-state index < -0.39 is 0 Å². The van der Waals surface area contributed by atoms with E-state index in [0.717, 1.165) is 21.9 Å². The van der Waals surface area contributed by atoms with E-state index in [9.17, 15) is 0 Å². The third-order valence-electron chi connectivity index (χ3n) is 3.02. The molecule has 0 unspecified atom stereocenters. The van der Waals surface area contributed by atoms with Crippen LogP contribution in [0.15, 0.2) is 47.0 Å². The summed E-state index contributed by atoms with van der Waals surface area (Å²) in [5.41, 5.74) is 8.38. The quantitative estimate of drug-likeness (QED) is 0.458. The SMILES string of the molecule is CN(N=Cc1c(-c2ccccc2)nc2sccn12)C(N)=S. The fourth-order valence-electron chi connectivity index (χ4n) is 1.93. The number of imidazole rings is 1. The van der Waals surface area contributed by atoms with Gasteiger partial charge in [0, 0.05) is 24.2 Å². The number of nitrogens with zero attached hydrogens (tertiary/aromatic N) is 4. The summed E-state index contributed by atoms with van der Waals surface area (Å²) < 4.78 is 2.00. The molecule has 0 aliphatic heterocycles. The highest BCUT2D eigenvalue weighted by Crippen LogP contribution is 2.25. The number of fused-ring (bicyclic) bond motifs is 1. The van der Waals surface area contributed by atoms with E-state index in [2.05, 4.69) is 10.1 Å². The Morgan fingerprint density at radius 1 is 1.43 bits per heavy atom. The fraction of sp³-hybridized carbons (Fsp3) is 0.0714. The predicted octanol–water partition coefficient (Wildman–Crippen LogP) is 2.57. The molecule has 0 aliphatic carbocycles. The van der Waals surface area contributed by atoms with Gasteiger partial charge in [0.15, 0.2) is 10.1 Å². The van der Waals surface area contributed by atoms with Gasteiger partial charge in [-0.3, -0.25) is 4.40 Å². The van der Waals surface area contributed by atoms with Crippen LogP contribution >= 0.6 is 23.6 Å². The Hall–Kier alpha value is -2.25. The molecule has 0 amide bonds. The Kier molecular flexibility index (Phi) is 3.68. The molecule has 106 valence electrons. The predicted molar refractivity (Wildman–Crippen MR) is 90.6 cm³/mol. The summed E-state index contributed by atoms with van der Waals surface area (Å²) in [6, 6.07) is 10.0. The minimum Gasteiger partial charge on any atom is -0.375 e. The number of aromatic nitrogens is 2. The first-order chi connectivity index (χ1) is 10.2. The number of rotatable bonds is 3. The van der Waals surface area contributed by atoms with Crippen molar-refractivity contribution in [1.82, 2.24) is 14.4 Å². The van der Waals surface area contributed by atoms with Gasteiger partial charge in [-0.1, -0.05) is 30.3 Å². The molecule has 2 N–H and O–H groups in total. The van der Waals surface area contributed by atoms with Gasteiger partial charge in [-0.2, -0.15) is 5.10 Å². The first-order valence-electron chi connectivity index (χ1n) is 6.25. The van der Waals surface area contributed by atoms with Crippen molar-refractivity contribution in [2.75, 3.05) is 7.05 Å². The number of hydrogen-bond donors (Lipinski definition) is 1. The Labute approximate surface area is 131 Å². The van der Waals surface area contributed by atoms with Crippen LogP contribution in [0.4, 0.5) is 0 Å². The summed E-state index contributed by atoms with van der Waals surface area (Å²) in [6.07, 6.45) is 3.70. The van der Waals surface area contributed by atoms with E-state index in [1.807, 2.05) is 46.3 Å². The largest absolute Gasteiger partial charge is 0.375 e. The second-order valence-corrected chi connectivity index (χ2v) is 5.66. The molecule has 0 spiro atoms. The van der Waals surface area contributed by atoms with E-state index in [1.54, 1.807) is 24.6 Å². The first-order valence-corrected chi connectivity index (χ1v) is 7.53. The van der Waals surface area contributed by atoms with Crippen LogP contribution in [-0.4, -0.2) is 32.8 Å². The smallest absolute Gasteiger partial charge is 0.194 e. The second kappa shape index (κ2) is 5.63. The topological polar surface area (TPSA) is 58.9 Å². The summed E-state index contributed by atoms with van der Waals surface area (Å²) in [5.74, 6) is 0. The molecule has 2 heterocycles. The van der Waals surface area contributed by atoms with Gasteiger partial charge in [0.05, 0.1) is 17.6 Å². The Morgan fingerprint density at radius 2 is 2.19 bits per heavy atom. The van der Waals surface area contributed by atoms with E-state index in [4.69, 9.17) is 18.0 Å². The number of hydrogen-bond acceptors (Lipinski definition) is 4. The number of nitrogens with two attached hydrogens (primary N) is 1. The minimum atomic E-state index is 0.221. The number of hydrazone groups is 1. The molecule has 0 bridgehead atoms. The molecule has 0 saturated carbocycles. The second-order valence-electron chi connectivity index (χ2n) is 4.37. The lowest BCUT2D eigenvalue weighted by molar-refractivity contribution is 0.552. The lowest BCUT2D eigenvalue weighted by Gasteiger charge is -2.08. The van der Waals surface area contributed by atoms with Crippen LogP contribution in [0.25, 0.3) is 16.2 Å². The monoisotopic (exact) mass is 315 g/mol. The minimum absolute atomic E-state index is 0.221. The van der Waals surface area contributed by atoms with Crippen LogP contribution < -0.4 is 5.73 Å². The van der Waals surface area contributed by atoms with Gasteiger partial charge < -0.3 is 5.73 Å². The van der Waals surface area contributed by atoms with Crippen molar-refractivity contribution in [2.45, 2.75) is 0 Å². The van der Waals surface area contributed by atoms with Gasteiger partial charge in [0.25, 0.3) is 0 Å². The average molecular weight is 315 g/mol. The maximum atomic E-state index is 5.54. The molecule has 5 nitrogen and oxygen atoms in total. The van der Waals surface area contributed by atoms with Crippen LogP contribution in [0.1, 0.15) is 5.69 Å². The molecule has 0 radical (unpaired) electrons. The highest BCUT2D eigenvalue weighted by atomic mass is 32.1. The van der Waals surface area contributed by atoms with E-state index in [0.29, 0.717) is 0 Å². The molecule has 3 rings (SSSR count). The fourth-order valence-corrected chi connectivity index (χ4v) is 2.70. The van der Waals surface area contributed by atoms with Gasteiger partial charge in [-0.05, 0) is 12.2 Å². The molecule has 0 saturated heterocycles. The van der Waals surface area contributed by atoms with E-state index in [-0.39, 0.29) is 5.11 Å². The van der Waals surface area contributed by atoms with Crippen molar-refractivity contribution in [3.05, 3.63) is 47.6 Å². The van der Waals surface area contributed by atoms with Gasteiger partial charge >= 0.3 is 0 Å². The summed E-state index contributed by atoms with van der Waals surface area (Å²) in [7, 11) is 1.72. The number of benzene rings is 1. The lowest BCUT2D eigenvalue weighted by atomic mass is 10.1. The zero-order valence-corrected chi connectivity index (χ0v) is 12.9. The van der Waals surface area contributed by atoms with Crippen LogP contribution in [-0.2, 0) is 0 Å². The third kappa shape index (κ3) is 2.65. The van der Waals surface area contributed by atoms with Crippen LogP contribution in [0, 0.1) is 0 Å².